The van der Waals surface area contributed by atoms with Crippen molar-refractivity contribution in [2.75, 3.05) is 11.9 Å². The van der Waals surface area contributed by atoms with Crippen molar-refractivity contribution in [3.05, 3.63) is 66.6 Å². The molecule has 1 aliphatic rings. The van der Waals surface area contributed by atoms with Gasteiger partial charge in [0.2, 0.25) is 5.91 Å². The van der Waals surface area contributed by atoms with Crippen molar-refractivity contribution < 1.29 is 4.79 Å². The lowest BCUT2D eigenvalue weighted by molar-refractivity contribution is -0.116. The number of hydrogen-bond donors (Lipinski definition) is 2. The van der Waals surface area contributed by atoms with Crippen molar-refractivity contribution in [3.63, 3.8) is 0 Å². The van der Waals surface area contributed by atoms with Gasteiger partial charge in [0.15, 0.2) is 5.65 Å². The van der Waals surface area contributed by atoms with Gasteiger partial charge in [-0.15, -0.1) is 0 Å². The zero-order valence-electron chi connectivity index (χ0n) is 17.2. The third kappa shape index (κ3) is 3.93. The standard InChI is InChI=1S/C22H19N9O/c1-14-8-15(4-5-24-14)21-17-10-29-31(22(17)28-13-27-21)12-20(32)30-19-3-2-16(9-26-19)18-11-23-6-7-25-18/h2-5,7-11,13,23H,6,12H2,1H3,(H,26,30,32). The maximum Gasteiger partial charge on any atom is 0.247 e. The Labute approximate surface area is 183 Å². The lowest BCUT2D eigenvalue weighted by atomic mass is 10.1. The molecule has 1 amide bonds. The van der Waals surface area contributed by atoms with Gasteiger partial charge in [0.1, 0.15) is 18.7 Å². The van der Waals surface area contributed by atoms with Crippen LogP contribution in [0.15, 0.2) is 60.4 Å². The van der Waals surface area contributed by atoms with Crippen molar-refractivity contribution in [2.45, 2.75) is 13.5 Å². The molecule has 32 heavy (non-hydrogen) atoms. The van der Waals surface area contributed by atoms with E-state index in [0.717, 1.165) is 33.6 Å². The van der Waals surface area contributed by atoms with Gasteiger partial charge in [-0.3, -0.25) is 14.8 Å². The summed E-state index contributed by atoms with van der Waals surface area (Å²) < 4.78 is 1.55. The van der Waals surface area contributed by atoms with E-state index in [4.69, 9.17) is 0 Å². The monoisotopic (exact) mass is 425 g/mol. The van der Waals surface area contributed by atoms with Crippen LogP contribution in [0.25, 0.3) is 28.0 Å². The second-order valence-electron chi connectivity index (χ2n) is 7.18. The van der Waals surface area contributed by atoms with Crippen molar-refractivity contribution >= 4 is 34.7 Å². The van der Waals surface area contributed by atoms with Crippen LogP contribution in [0.4, 0.5) is 5.82 Å². The maximum absolute atomic E-state index is 12.6. The Balaban J connectivity index is 1.32. The second kappa shape index (κ2) is 8.34. The molecule has 10 heteroatoms. The Morgan fingerprint density at radius 3 is 2.84 bits per heavy atom. The molecule has 2 N–H and O–H groups in total. The first-order valence-corrected chi connectivity index (χ1v) is 9.99. The van der Waals surface area contributed by atoms with Gasteiger partial charge in [-0.1, -0.05) is 0 Å². The van der Waals surface area contributed by atoms with E-state index < -0.39 is 0 Å². The van der Waals surface area contributed by atoms with E-state index in [1.165, 1.54) is 6.33 Å². The Kier molecular flexibility index (Phi) is 5.08. The van der Waals surface area contributed by atoms with Gasteiger partial charge in [0.05, 0.1) is 23.0 Å². The maximum atomic E-state index is 12.6. The van der Waals surface area contributed by atoms with Gasteiger partial charge in [-0.25, -0.2) is 19.6 Å². The fraction of sp³-hybridized carbons (Fsp3) is 0.136. The molecule has 0 saturated heterocycles. The third-order valence-electron chi connectivity index (χ3n) is 4.90. The predicted molar refractivity (Wildman–Crippen MR) is 121 cm³/mol. The number of anilines is 1. The average molecular weight is 425 g/mol. The minimum atomic E-state index is -0.258. The van der Waals surface area contributed by atoms with Crippen LogP contribution in [-0.2, 0) is 11.3 Å². The van der Waals surface area contributed by atoms with Gasteiger partial charge >= 0.3 is 0 Å². The first-order chi connectivity index (χ1) is 15.7. The summed E-state index contributed by atoms with van der Waals surface area (Å²) in [5, 5.41) is 11.0. The summed E-state index contributed by atoms with van der Waals surface area (Å²) >= 11 is 0. The number of aryl methyl sites for hydroxylation is 1. The lowest BCUT2D eigenvalue weighted by Crippen LogP contribution is -2.20. The molecule has 0 fully saturated rings. The molecule has 0 unspecified atom stereocenters. The highest BCUT2D eigenvalue weighted by atomic mass is 16.2. The first-order valence-electron chi connectivity index (χ1n) is 9.99. The summed E-state index contributed by atoms with van der Waals surface area (Å²) in [6, 6.07) is 7.44. The molecule has 0 aliphatic carbocycles. The van der Waals surface area contributed by atoms with E-state index in [-0.39, 0.29) is 12.5 Å². The van der Waals surface area contributed by atoms with Gasteiger partial charge in [0, 0.05) is 48.2 Å². The normalized spacial score (nSPS) is 13.0. The summed E-state index contributed by atoms with van der Waals surface area (Å²) in [7, 11) is 0. The molecule has 158 valence electrons. The molecule has 1 aliphatic heterocycles. The summed E-state index contributed by atoms with van der Waals surface area (Å²) in [6.07, 6.45) is 10.2. The highest BCUT2D eigenvalue weighted by Crippen LogP contribution is 2.25. The highest BCUT2D eigenvalue weighted by Gasteiger charge is 2.14. The van der Waals surface area contributed by atoms with Gasteiger partial charge in [0.25, 0.3) is 0 Å². The molecular weight excluding hydrogens is 406 g/mol. The lowest BCUT2D eigenvalue weighted by Gasteiger charge is -2.09. The first kappa shape index (κ1) is 19.5. The molecule has 0 saturated carbocycles. The number of carbonyl (C=O) groups is 1. The summed E-state index contributed by atoms with van der Waals surface area (Å²) in [5.74, 6) is 0.192. The summed E-state index contributed by atoms with van der Waals surface area (Å²) in [4.78, 5) is 34.2. The fourth-order valence-electron chi connectivity index (χ4n) is 3.42. The molecule has 0 spiro atoms. The number of rotatable bonds is 5. The number of aliphatic imine (C=N–C) groups is 1. The van der Waals surface area contributed by atoms with Crippen LogP contribution >= 0.6 is 0 Å². The molecule has 0 atom stereocenters. The number of carbonyl (C=O) groups excluding carboxylic acids is 1. The molecule has 4 aromatic heterocycles. The van der Waals surface area contributed by atoms with E-state index in [9.17, 15) is 4.79 Å². The van der Waals surface area contributed by atoms with Crippen LogP contribution in [0.5, 0.6) is 0 Å². The number of amides is 1. The Morgan fingerprint density at radius 1 is 1.12 bits per heavy atom. The molecule has 0 aromatic carbocycles. The third-order valence-corrected chi connectivity index (χ3v) is 4.90. The number of nitrogens with zero attached hydrogens (tertiary/aromatic N) is 7. The molecular formula is C22H19N9O. The van der Waals surface area contributed by atoms with Crippen LogP contribution in [0.1, 0.15) is 11.3 Å². The quantitative estimate of drug-likeness (QED) is 0.502. The Hall–Kier alpha value is -4.47. The predicted octanol–water partition coefficient (Wildman–Crippen LogP) is 2.20. The minimum Gasteiger partial charge on any atom is -0.384 e. The van der Waals surface area contributed by atoms with Gasteiger partial charge in [-0.05, 0) is 31.2 Å². The molecule has 4 aromatic rings. The van der Waals surface area contributed by atoms with Gasteiger partial charge < -0.3 is 10.6 Å². The number of fused-ring (bicyclic) bond motifs is 1. The van der Waals surface area contributed by atoms with Crippen molar-refractivity contribution in [3.8, 4) is 11.3 Å². The summed E-state index contributed by atoms with van der Waals surface area (Å²) in [5.41, 5.74) is 4.80. The fourth-order valence-corrected chi connectivity index (χ4v) is 3.42. The molecule has 5 heterocycles. The van der Waals surface area contributed by atoms with Crippen molar-refractivity contribution in [1.29, 1.82) is 0 Å². The Bertz CT molecular complexity index is 1360. The Morgan fingerprint density at radius 2 is 2.06 bits per heavy atom. The van der Waals surface area contributed by atoms with Crippen LogP contribution < -0.4 is 10.6 Å². The van der Waals surface area contributed by atoms with Crippen LogP contribution in [0.2, 0.25) is 0 Å². The number of pyridine rings is 2. The van der Waals surface area contributed by atoms with E-state index in [2.05, 4.69) is 40.7 Å². The van der Waals surface area contributed by atoms with E-state index >= 15 is 0 Å². The van der Waals surface area contributed by atoms with Crippen LogP contribution in [0, 0.1) is 6.92 Å². The number of nitrogens with one attached hydrogen (secondary N) is 2. The van der Waals surface area contributed by atoms with E-state index in [0.29, 0.717) is 18.0 Å². The van der Waals surface area contributed by atoms with Crippen molar-refractivity contribution in [2.24, 2.45) is 4.99 Å². The van der Waals surface area contributed by atoms with Crippen LogP contribution in [0.3, 0.4) is 0 Å². The minimum absolute atomic E-state index is 0.00186. The van der Waals surface area contributed by atoms with Crippen LogP contribution in [-0.4, -0.2) is 48.4 Å². The number of hydrogen-bond acceptors (Lipinski definition) is 8. The molecule has 10 nitrogen and oxygen atoms in total. The average Bonchev–Trinajstić information content (AvgIpc) is 3.23. The van der Waals surface area contributed by atoms with Gasteiger partial charge in [-0.2, -0.15) is 5.10 Å². The SMILES string of the molecule is Cc1cc(-c2ncnc3c2cnn3CC(=O)Nc2ccc(C3=CNCC=N3)cn2)ccn1. The van der Waals surface area contributed by atoms with E-state index in [1.807, 2.05) is 31.3 Å². The topological polar surface area (TPSA) is 123 Å². The zero-order valence-corrected chi connectivity index (χ0v) is 17.2. The molecule has 5 rings (SSSR count). The molecule has 0 bridgehead atoms. The highest BCUT2D eigenvalue weighted by molar-refractivity contribution is 5.93. The second-order valence-corrected chi connectivity index (χ2v) is 7.18. The smallest absolute Gasteiger partial charge is 0.247 e. The number of aromatic nitrogens is 6. The zero-order chi connectivity index (χ0) is 21.9. The van der Waals surface area contributed by atoms with Crippen molar-refractivity contribution in [1.82, 2.24) is 35.0 Å². The molecule has 0 radical (unpaired) electrons. The van der Waals surface area contributed by atoms with E-state index in [1.54, 1.807) is 35.6 Å². The largest absolute Gasteiger partial charge is 0.384 e. The summed E-state index contributed by atoms with van der Waals surface area (Å²) in [6.45, 7) is 2.63.